The average Bonchev–Trinajstić information content (AvgIpc) is 3.19. The maximum atomic E-state index is 12.7. The Kier molecular flexibility index (Phi) is 4.27. The third kappa shape index (κ3) is 3.23. The second kappa shape index (κ2) is 6.75. The van der Waals surface area contributed by atoms with Crippen molar-refractivity contribution in [2.45, 2.75) is 26.4 Å². The van der Waals surface area contributed by atoms with E-state index < -0.39 is 5.97 Å². The van der Waals surface area contributed by atoms with Crippen molar-refractivity contribution in [2.24, 2.45) is 0 Å². The van der Waals surface area contributed by atoms with Crippen LogP contribution in [0.3, 0.4) is 0 Å². The lowest BCUT2D eigenvalue weighted by Crippen LogP contribution is -2.16. The summed E-state index contributed by atoms with van der Waals surface area (Å²) in [5, 5.41) is 7.23. The molecular formula is C20H19N4O3. The maximum Gasteiger partial charge on any atom is 0.311 e. The standard InChI is InChI=1S/C20H19N4O3/c1-3-18(25)27-17-7-9-23-12-15-5-4-14(11-24-13(2)6-8-21-24)10-16(15)22-20(26)19(17)23/h4-10H,1,3,11-12H2,2H3,(H,22,26). The number of rotatable bonds is 4. The number of esters is 1. The molecule has 1 aliphatic rings. The molecule has 0 fully saturated rings. The number of aryl methyl sites for hydroxylation is 1. The minimum Gasteiger partial charge on any atom is -0.424 e. The number of benzene rings is 1. The number of nitrogens with one attached hydrogen (secondary N) is 1. The molecule has 0 unspecified atom stereocenters. The molecule has 1 amide bonds. The highest BCUT2D eigenvalue weighted by molar-refractivity contribution is 6.06. The first-order chi connectivity index (χ1) is 13.0. The van der Waals surface area contributed by atoms with E-state index in [1.807, 2.05) is 35.9 Å². The van der Waals surface area contributed by atoms with Gasteiger partial charge in [0.1, 0.15) is 0 Å². The highest BCUT2D eigenvalue weighted by Gasteiger charge is 2.25. The summed E-state index contributed by atoms with van der Waals surface area (Å²) < 4.78 is 8.92. The minimum atomic E-state index is -0.476. The summed E-state index contributed by atoms with van der Waals surface area (Å²) >= 11 is 0. The van der Waals surface area contributed by atoms with Crippen molar-refractivity contribution in [1.29, 1.82) is 0 Å². The number of hydrogen-bond donors (Lipinski definition) is 1. The summed E-state index contributed by atoms with van der Waals surface area (Å²) in [7, 11) is 0. The van der Waals surface area contributed by atoms with E-state index in [9.17, 15) is 9.59 Å². The van der Waals surface area contributed by atoms with E-state index in [0.29, 0.717) is 18.8 Å². The predicted octanol–water partition coefficient (Wildman–Crippen LogP) is 2.78. The second-order valence-electron chi connectivity index (χ2n) is 6.46. The number of anilines is 1. The van der Waals surface area contributed by atoms with E-state index >= 15 is 0 Å². The van der Waals surface area contributed by atoms with Gasteiger partial charge < -0.3 is 14.6 Å². The second-order valence-corrected chi connectivity index (χ2v) is 6.46. The molecule has 137 valence electrons. The zero-order valence-electron chi connectivity index (χ0n) is 14.9. The Labute approximate surface area is 156 Å². The van der Waals surface area contributed by atoms with Crippen LogP contribution in [0.5, 0.6) is 5.75 Å². The SMILES string of the molecule is [CH2]CC(=O)Oc1ccn2c1C(=O)Nc1cc(Cn3nccc3C)ccc1C2. The van der Waals surface area contributed by atoms with Crippen LogP contribution >= 0.6 is 0 Å². The molecule has 2 aromatic heterocycles. The molecule has 7 heteroatoms. The number of hydrogen-bond acceptors (Lipinski definition) is 4. The zero-order valence-corrected chi connectivity index (χ0v) is 14.9. The van der Waals surface area contributed by atoms with Crippen LogP contribution in [0.4, 0.5) is 5.69 Å². The van der Waals surface area contributed by atoms with E-state index in [0.717, 1.165) is 22.5 Å². The molecule has 1 aliphatic heterocycles. The number of carbonyl (C=O) groups excluding carboxylic acids is 2. The van der Waals surface area contributed by atoms with Crippen LogP contribution in [-0.2, 0) is 17.9 Å². The maximum absolute atomic E-state index is 12.7. The van der Waals surface area contributed by atoms with Gasteiger partial charge in [0.15, 0.2) is 11.4 Å². The van der Waals surface area contributed by atoms with Crippen molar-refractivity contribution < 1.29 is 14.3 Å². The van der Waals surface area contributed by atoms with Crippen molar-refractivity contribution in [3.63, 3.8) is 0 Å². The number of nitrogens with zero attached hydrogens (tertiary/aromatic N) is 3. The van der Waals surface area contributed by atoms with Crippen molar-refractivity contribution >= 4 is 17.6 Å². The van der Waals surface area contributed by atoms with Crippen LogP contribution in [0, 0.1) is 13.8 Å². The summed E-state index contributed by atoms with van der Waals surface area (Å²) in [5.74, 6) is -0.533. The number of amides is 1. The fourth-order valence-electron chi connectivity index (χ4n) is 3.16. The quantitative estimate of drug-likeness (QED) is 0.723. The molecule has 4 rings (SSSR count). The van der Waals surface area contributed by atoms with Crippen molar-refractivity contribution in [1.82, 2.24) is 14.3 Å². The van der Waals surface area contributed by atoms with Gasteiger partial charge >= 0.3 is 5.97 Å². The van der Waals surface area contributed by atoms with E-state index in [2.05, 4.69) is 17.3 Å². The number of ether oxygens (including phenoxy) is 1. The van der Waals surface area contributed by atoms with Crippen molar-refractivity contribution in [2.75, 3.05) is 5.32 Å². The Morgan fingerprint density at radius 1 is 1.33 bits per heavy atom. The summed E-state index contributed by atoms with van der Waals surface area (Å²) in [4.78, 5) is 24.3. The van der Waals surface area contributed by atoms with Crippen LogP contribution in [0.15, 0.2) is 42.7 Å². The lowest BCUT2D eigenvalue weighted by Gasteiger charge is -2.11. The van der Waals surface area contributed by atoms with E-state index in [-0.39, 0.29) is 18.1 Å². The predicted molar refractivity (Wildman–Crippen MR) is 99.6 cm³/mol. The van der Waals surface area contributed by atoms with Crippen LogP contribution < -0.4 is 10.1 Å². The smallest absolute Gasteiger partial charge is 0.311 e. The van der Waals surface area contributed by atoms with Crippen LogP contribution in [0.25, 0.3) is 0 Å². The van der Waals surface area contributed by atoms with Gasteiger partial charge in [-0.15, -0.1) is 0 Å². The molecule has 0 bridgehead atoms. The Morgan fingerprint density at radius 2 is 2.19 bits per heavy atom. The van der Waals surface area contributed by atoms with E-state index in [1.54, 1.807) is 23.0 Å². The minimum absolute atomic E-state index is 0.00265. The Morgan fingerprint density at radius 3 is 2.93 bits per heavy atom. The van der Waals surface area contributed by atoms with E-state index in [4.69, 9.17) is 4.74 Å². The average molecular weight is 363 g/mol. The third-order valence-corrected chi connectivity index (χ3v) is 4.59. The Bertz CT molecular complexity index is 1030. The summed E-state index contributed by atoms with van der Waals surface area (Å²) in [6.45, 7) is 6.64. The molecule has 0 saturated carbocycles. The molecule has 1 radical (unpaired) electrons. The molecule has 0 spiro atoms. The highest BCUT2D eigenvalue weighted by atomic mass is 16.5. The molecule has 27 heavy (non-hydrogen) atoms. The monoisotopic (exact) mass is 363 g/mol. The van der Waals surface area contributed by atoms with Gasteiger partial charge in [-0.1, -0.05) is 12.1 Å². The van der Waals surface area contributed by atoms with Gasteiger partial charge in [0.25, 0.3) is 5.91 Å². The summed E-state index contributed by atoms with van der Waals surface area (Å²) in [5.41, 5.74) is 4.17. The van der Waals surface area contributed by atoms with Crippen LogP contribution in [0.1, 0.15) is 33.7 Å². The van der Waals surface area contributed by atoms with Gasteiger partial charge in [0.05, 0.1) is 6.54 Å². The Balaban J connectivity index is 1.63. The Hall–Kier alpha value is -3.35. The topological polar surface area (TPSA) is 78.1 Å². The van der Waals surface area contributed by atoms with Gasteiger partial charge in [0, 0.05) is 36.7 Å². The van der Waals surface area contributed by atoms with Crippen LogP contribution in [0.2, 0.25) is 0 Å². The molecule has 3 heterocycles. The number of carbonyl (C=O) groups is 2. The highest BCUT2D eigenvalue weighted by Crippen LogP contribution is 2.29. The van der Waals surface area contributed by atoms with Crippen molar-refractivity contribution in [3.8, 4) is 5.75 Å². The van der Waals surface area contributed by atoms with E-state index in [1.165, 1.54) is 0 Å². The largest absolute Gasteiger partial charge is 0.424 e. The molecule has 3 aromatic rings. The fourth-order valence-corrected chi connectivity index (χ4v) is 3.16. The first-order valence-electron chi connectivity index (χ1n) is 8.66. The van der Waals surface area contributed by atoms with Gasteiger partial charge in [0.2, 0.25) is 0 Å². The first kappa shape index (κ1) is 17.1. The molecule has 1 aromatic carbocycles. The van der Waals surface area contributed by atoms with Gasteiger partial charge in [-0.2, -0.15) is 5.10 Å². The molecule has 1 N–H and O–H groups in total. The molecule has 0 aliphatic carbocycles. The lowest BCUT2D eigenvalue weighted by atomic mass is 10.1. The third-order valence-electron chi connectivity index (χ3n) is 4.59. The van der Waals surface area contributed by atoms with Gasteiger partial charge in [-0.05, 0) is 43.2 Å². The number of aromatic nitrogens is 3. The van der Waals surface area contributed by atoms with Crippen LogP contribution in [-0.4, -0.2) is 26.2 Å². The number of fused-ring (bicyclic) bond motifs is 2. The summed E-state index contributed by atoms with van der Waals surface area (Å²) in [6, 6.07) is 9.57. The normalized spacial score (nSPS) is 12.7. The molecule has 7 nitrogen and oxygen atoms in total. The van der Waals surface area contributed by atoms with Gasteiger partial charge in [-0.3, -0.25) is 14.3 Å². The first-order valence-corrected chi connectivity index (χ1v) is 8.66. The zero-order chi connectivity index (χ0) is 19.0. The van der Waals surface area contributed by atoms with Gasteiger partial charge in [-0.25, -0.2) is 0 Å². The fraction of sp³-hybridized carbons (Fsp3) is 0.200. The van der Waals surface area contributed by atoms with Crippen molar-refractivity contribution in [3.05, 3.63) is 72.2 Å². The molecule has 0 atom stereocenters. The molecular weight excluding hydrogens is 344 g/mol. The molecule has 0 saturated heterocycles. The summed E-state index contributed by atoms with van der Waals surface area (Å²) in [6.07, 6.45) is 3.52. The lowest BCUT2D eigenvalue weighted by molar-refractivity contribution is -0.133.